The van der Waals surface area contributed by atoms with Gasteiger partial charge >= 0.3 is 6.09 Å². The van der Waals surface area contributed by atoms with Crippen molar-refractivity contribution in [1.29, 1.82) is 0 Å². The zero-order chi connectivity index (χ0) is 27.7. The van der Waals surface area contributed by atoms with Gasteiger partial charge in [-0.25, -0.2) is 4.79 Å². The Morgan fingerprint density at radius 3 is 2.05 bits per heavy atom. The number of amides is 1. The van der Waals surface area contributed by atoms with E-state index in [2.05, 4.69) is 24.3 Å². The van der Waals surface area contributed by atoms with E-state index in [1.807, 2.05) is 87.5 Å². The topological polar surface area (TPSA) is 55.8 Å². The zero-order valence-electron chi connectivity index (χ0n) is 22.5. The molecule has 0 saturated carbocycles. The Bertz CT molecular complexity index is 1360. The molecule has 0 atom stereocenters. The summed E-state index contributed by atoms with van der Waals surface area (Å²) in [5, 5.41) is 0. The van der Waals surface area contributed by atoms with E-state index >= 15 is 0 Å². The van der Waals surface area contributed by atoms with Crippen molar-refractivity contribution in [3.8, 4) is 11.5 Å². The Labute approximate surface area is 234 Å². The van der Waals surface area contributed by atoms with Crippen LogP contribution >= 0.6 is 11.8 Å². The van der Waals surface area contributed by atoms with Crippen LogP contribution in [0.5, 0.6) is 11.5 Å². The molecule has 0 aliphatic rings. The van der Waals surface area contributed by atoms with Gasteiger partial charge in [0.15, 0.2) is 6.29 Å². The summed E-state index contributed by atoms with van der Waals surface area (Å²) >= 11 is 1.66. The third-order valence-electron chi connectivity index (χ3n) is 5.79. The predicted octanol–water partition coefficient (Wildman–Crippen LogP) is 8.42. The van der Waals surface area contributed by atoms with E-state index < -0.39 is 5.60 Å². The van der Waals surface area contributed by atoms with Crippen LogP contribution in [-0.2, 0) is 17.7 Å². The zero-order valence-corrected chi connectivity index (χ0v) is 23.3. The molecule has 5 nitrogen and oxygen atoms in total. The number of carbonyl (C=O) groups is 2. The maximum absolute atomic E-state index is 12.9. The van der Waals surface area contributed by atoms with E-state index in [1.54, 1.807) is 28.8 Å². The molecule has 4 aromatic carbocycles. The molecule has 0 aliphatic carbocycles. The number of ether oxygens (including phenoxy) is 2. The van der Waals surface area contributed by atoms with E-state index in [9.17, 15) is 9.59 Å². The van der Waals surface area contributed by atoms with Gasteiger partial charge in [0.25, 0.3) is 0 Å². The van der Waals surface area contributed by atoms with Crippen LogP contribution in [0.1, 0.15) is 42.3 Å². The summed E-state index contributed by atoms with van der Waals surface area (Å²) in [7, 11) is 0. The smallest absolute Gasteiger partial charge is 0.410 e. The average Bonchev–Trinajstić information content (AvgIpc) is 2.93. The van der Waals surface area contributed by atoms with Crippen molar-refractivity contribution in [2.24, 2.45) is 0 Å². The third kappa shape index (κ3) is 8.76. The van der Waals surface area contributed by atoms with Gasteiger partial charge in [0.05, 0.1) is 5.56 Å². The minimum Gasteiger partial charge on any atom is -0.457 e. The molecule has 0 bridgehead atoms. The lowest BCUT2D eigenvalue weighted by Gasteiger charge is -2.27. The maximum atomic E-state index is 12.9. The van der Waals surface area contributed by atoms with Crippen LogP contribution in [0.2, 0.25) is 0 Å². The van der Waals surface area contributed by atoms with Crippen molar-refractivity contribution in [2.45, 2.75) is 49.1 Å². The molecule has 0 radical (unpaired) electrons. The second-order valence-corrected chi connectivity index (χ2v) is 11.3. The minimum absolute atomic E-state index is 0.305. The fourth-order valence-electron chi connectivity index (χ4n) is 3.86. The Kier molecular flexibility index (Phi) is 9.45. The predicted molar refractivity (Wildman–Crippen MR) is 156 cm³/mol. The molecule has 0 aliphatic heterocycles. The monoisotopic (exact) mass is 539 g/mol. The van der Waals surface area contributed by atoms with E-state index in [0.717, 1.165) is 33.6 Å². The molecule has 0 N–H and O–H groups in total. The number of aldehydes is 1. The van der Waals surface area contributed by atoms with Gasteiger partial charge in [0.2, 0.25) is 0 Å². The second kappa shape index (κ2) is 13.2. The molecular weight excluding hydrogens is 506 g/mol. The third-order valence-corrected chi connectivity index (χ3v) is 6.81. The lowest BCUT2D eigenvalue weighted by Crippen LogP contribution is -2.37. The van der Waals surface area contributed by atoms with Crippen molar-refractivity contribution < 1.29 is 19.1 Å². The van der Waals surface area contributed by atoms with Gasteiger partial charge in [-0.1, -0.05) is 66.4 Å². The highest BCUT2D eigenvalue weighted by molar-refractivity contribution is 7.99. The first-order valence-corrected chi connectivity index (χ1v) is 13.7. The van der Waals surface area contributed by atoms with Crippen LogP contribution in [0.25, 0.3) is 0 Å². The molecule has 0 saturated heterocycles. The number of carbonyl (C=O) groups excluding carboxylic acids is 2. The molecule has 4 rings (SSSR count). The Morgan fingerprint density at radius 1 is 0.795 bits per heavy atom. The minimum atomic E-state index is -0.546. The van der Waals surface area contributed by atoms with Crippen molar-refractivity contribution >= 4 is 24.1 Å². The first kappa shape index (κ1) is 28.0. The number of para-hydroxylation sites is 1. The molecule has 0 aromatic heterocycles. The van der Waals surface area contributed by atoms with Crippen LogP contribution in [0.4, 0.5) is 4.79 Å². The largest absolute Gasteiger partial charge is 0.457 e. The van der Waals surface area contributed by atoms with E-state index in [-0.39, 0.29) is 6.09 Å². The van der Waals surface area contributed by atoms with Gasteiger partial charge in [-0.05, 0) is 86.8 Å². The molecule has 1 amide bonds. The van der Waals surface area contributed by atoms with Crippen molar-refractivity contribution in [3.05, 3.63) is 120 Å². The van der Waals surface area contributed by atoms with Gasteiger partial charge in [0.1, 0.15) is 17.1 Å². The first-order chi connectivity index (χ1) is 18.8. The second-order valence-electron chi connectivity index (χ2n) is 10.1. The maximum Gasteiger partial charge on any atom is 0.410 e. The lowest BCUT2D eigenvalue weighted by atomic mass is 10.1. The molecule has 0 spiro atoms. The number of hydrogen-bond acceptors (Lipinski definition) is 5. The Balaban J connectivity index is 1.34. The van der Waals surface area contributed by atoms with E-state index in [1.165, 1.54) is 0 Å². The SMILES string of the molecule is CC(C)(C)OC(=O)N(CCc1ccc(Sc2ccc(Oc3ccccc3C=O)cc2)cc1)Cc1ccccc1. The van der Waals surface area contributed by atoms with Crippen molar-refractivity contribution in [2.75, 3.05) is 6.54 Å². The van der Waals surface area contributed by atoms with Gasteiger partial charge in [-0.2, -0.15) is 0 Å². The Hall–Kier alpha value is -4.03. The summed E-state index contributed by atoms with van der Waals surface area (Å²) in [6.07, 6.45) is 1.22. The normalized spacial score (nSPS) is 11.1. The van der Waals surface area contributed by atoms with Crippen LogP contribution < -0.4 is 4.74 Å². The first-order valence-electron chi connectivity index (χ1n) is 12.9. The van der Waals surface area contributed by atoms with Crippen molar-refractivity contribution in [3.63, 3.8) is 0 Å². The number of benzene rings is 4. The summed E-state index contributed by atoms with van der Waals surface area (Å²) < 4.78 is 11.5. The number of rotatable bonds is 10. The molecule has 39 heavy (non-hydrogen) atoms. The summed E-state index contributed by atoms with van der Waals surface area (Å²) in [6.45, 7) is 6.72. The standard InChI is InChI=1S/C33H33NO4S/c1-33(2,3)38-32(36)34(23-26-9-5-4-6-10-26)22-21-25-13-17-29(18-14-25)39-30-19-15-28(16-20-30)37-31-12-8-7-11-27(31)24-35/h4-20,24H,21-23H2,1-3H3. The molecule has 0 heterocycles. The van der Waals surface area contributed by atoms with Gasteiger partial charge in [0, 0.05) is 22.9 Å². The van der Waals surface area contributed by atoms with Crippen LogP contribution in [-0.4, -0.2) is 29.4 Å². The van der Waals surface area contributed by atoms with Crippen LogP contribution in [0, 0.1) is 0 Å². The number of hydrogen-bond donors (Lipinski definition) is 0. The number of nitrogens with zero attached hydrogens (tertiary/aromatic N) is 1. The van der Waals surface area contributed by atoms with Gasteiger partial charge < -0.3 is 14.4 Å². The van der Waals surface area contributed by atoms with Crippen LogP contribution in [0.3, 0.4) is 0 Å². The summed E-state index contributed by atoms with van der Waals surface area (Å²) in [5.41, 5.74) is 2.19. The summed E-state index contributed by atoms with van der Waals surface area (Å²) in [4.78, 5) is 28.1. The lowest BCUT2D eigenvalue weighted by molar-refractivity contribution is 0.0235. The molecular formula is C33H33NO4S. The Morgan fingerprint density at radius 2 is 1.41 bits per heavy atom. The summed E-state index contributed by atoms with van der Waals surface area (Å²) in [5.74, 6) is 1.21. The molecule has 4 aromatic rings. The van der Waals surface area contributed by atoms with E-state index in [4.69, 9.17) is 9.47 Å². The van der Waals surface area contributed by atoms with Crippen LogP contribution in [0.15, 0.2) is 113 Å². The van der Waals surface area contributed by atoms with Crippen molar-refractivity contribution in [1.82, 2.24) is 4.90 Å². The highest BCUT2D eigenvalue weighted by Crippen LogP contribution is 2.31. The molecule has 0 fully saturated rings. The van der Waals surface area contributed by atoms with E-state index in [0.29, 0.717) is 30.2 Å². The fourth-order valence-corrected chi connectivity index (χ4v) is 4.68. The molecule has 200 valence electrons. The quantitative estimate of drug-likeness (QED) is 0.189. The van der Waals surface area contributed by atoms with Gasteiger partial charge in [-0.3, -0.25) is 4.79 Å². The highest BCUT2D eigenvalue weighted by atomic mass is 32.2. The molecule has 0 unspecified atom stereocenters. The average molecular weight is 540 g/mol. The summed E-state index contributed by atoms with van der Waals surface area (Å²) in [6, 6.07) is 33.3. The molecule has 6 heteroatoms. The fraction of sp³-hybridized carbons (Fsp3) is 0.212. The highest BCUT2D eigenvalue weighted by Gasteiger charge is 2.22. The van der Waals surface area contributed by atoms with Gasteiger partial charge in [-0.15, -0.1) is 0 Å².